The number of amides is 1. The molecule has 1 aromatic carbocycles. The Morgan fingerprint density at radius 1 is 1.44 bits per heavy atom. The van der Waals surface area contributed by atoms with Crippen LogP contribution < -0.4 is 5.32 Å². The van der Waals surface area contributed by atoms with Crippen molar-refractivity contribution in [2.75, 3.05) is 5.32 Å². The summed E-state index contributed by atoms with van der Waals surface area (Å²) in [5.41, 5.74) is -0.975. The molecule has 0 saturated heterocycles. The molecule has 0 bridgehead atoms. The van der Waals surface area contributed by atoms with Crippen LogP contribution in [0.2, 0.25) is 0 Å². The summed E-state index contributed by atoms with van der Waals surface area (Å²) in [6, 6.07) is 2.31. The van der Waals surface area contributed by atoms with Gasteiger partial charge in [0.15, 0.2) is 6.10 Å². The van der Waals surface area contributed by atoms with E-state index >= 15 is 0 Å². The van der Waals surface area contributed by atoms with Crippen LogP contribution in [-0.4, -0.2) is 17.2 Å². The monoisotopic (exact) mass is 265 g/mol. The van der Waals surface area contributed by atoms with E-state index in [1.54, 1.807) is 0 Å². The highest BCUT2D eigenvalue weighted by Crippen LogP contribution is 2.36. The summed E-state index contributed by atoms with van der Waals surface area (Å²) in [5, 5.41) is 11.2. The normalized spacial score (nSPS) is 13.2. The van der Waals surface area contributed by atoms with E-state index < -0.39 is 29.6 Å². The second kappa shape index (κ2) is 5.34. The average molecular weight is 265 g/mol. The van der Waals surface area contributed by atoms with Crippen LogP contribution in [-0.2, 0) is 4.79 Å². The minimum absolute atomic E-state index is 0.0259. The molecule has 0 spiro atoms. The van der Waals surface area contributed by atoms with Crippen molar-refractivity contribution in [3.05, 3.63) is 29.6 Å². The molecule has 1 aromatic rings. The van der Waals surface area contributed by atoms with Gasteiger partial charge in [0.25, 0.3) is 0 Å². The summed E-state index contributed by atoms with van der Waals surface area (Å²) < 4.78 is 50.1. The molecule has 1 atom stereocenters. The molecule has 1 rings (SSSR count). The van der Waals surface area contributed by atoms with Gasteiger partial charge in [0.05, 0.1) is 0 Å². The highest BCUT2D eigenvalue weighted by Gasteiger charge is 2.40. The van der Waals surface area contributed by atoms with Gasteiger partial charge in [-0.25, -0.2) is 4.39 Å². The van der Waals surface area contributed by atoms with Crippen molar-refractivity contribution in [3.8, 4) is 0 Å². The first kappa shape index (κ1) is 14.4. The van der Waals surface area contributed by atoms with E-state index in [-0.39, 0.29) is 12.1 Å². The third-order valence-electron chi connectivity index (χ3n) is 2.22. The Labute approximate surface area is 100 Å². The number of aliphatic hydroxyl groups excluding tert-OH is 1. The van der Waals surface area contributed by atoms with Gasteiger partial charge in [-0.05, 0) is 12.1 Å². The maximum absolute atomic E-state index is 12.9. The van der Waals surface area contributed by atoms with Crippen LogP contribution in [0.4, 0.5) is 23.2 Å². The van der Waals surface area contributed by atoms with Gasteiger partial charge in [-0.2, -0.15) is 13.2 Å². The Balaban J connectivity index is 3.15. The summed E-state index contributed by atoms with van der Waals surface area (Å²) in [6.07, 6.45) is -7.63. The Morgan fingerprint density at radius 2 is 2.06 bits per heavy atom. The molecule has 7 heteroatoms. The predicted octanol–water partition coefficient (Wildman–Crippen LogP) is 2.77. The number of halogens is 4. The van der Waals surface area contributed by atoms with Gasteiger partial charge in [0.1, 0.15) is 5.82 Å². The van der Waals surface area contributed by atoms with Crippen molar-refractivity contribution in [2.45, 2.75) is 25.6 Å². The quantitative estimate of drug-likeness (QED) is 0.825. The molecule has 0 aliphatic carbocycles. The fourth-order valence-electron chi connectivity index (χ4n) is 1.29. The molecule has 2 N–H and O–H groups in total. The van der Waals surface area contributed by atoms with Crippen LogP contribution in [0.3, 0.4) is 0 Å². The third-order valence-corrected chi connectivity index (χ3v) is 2.22. The SMILES string of the molecule is CCC(=O)Nc1cc(F)ccc1C(O)C(F)(F)F. The molecule has 0 saturated carbocycles. The highest BCUT2D eigenvalue weighted by atomic mass is 19.4. The number of carbonyl (C=O) groups excluding carboxylic acids is 1. The van der Waals surface area contributed by atoms with Crippen molar-refractivity contribution in [1.82, 2.24) is 0 Å². The first-order valence-corrected chi connectivity index (χ1v) is 5.09. The number of alkyl halides is 3. The van der Waals surface area contributed by atoms with Crippen LogP contribution >= 0.6 is 0 Å². The van der Waals surface area contributed by atoms with E-state index in [9.17, 15) is 22.4 Å². The molecule has 18 heavy (non-hydrogen) atoms. The number of hydrogen-bond acceptors (Lipinski definition) is 2. The van der Waals surface area contributed by atoms with Gasteiger partial charge in [0.2, 0.25) is 5.91 Å². The molecule has 1 amide bonds. The molecule has 0 heterocycles. The summed E-state index contributed by atoms with van der Waals surface area (Å²) >= 11 is 0. The molecule has 0 fully saturated rings. The minimum Gasteiger partial charge on any atom is -0.379 e. The van der Waals surface area contributed by atoms with Crippen LogP contribution in [0.1, 0.15) is 25.0 Å². The zero-order valence-electron chi connectivity index (χ0n) is 9.38. The fraction of sp³-hybridized carbons (Fsp3) is 0.364. The number of hydrogen-bond donors (Lipinski definition) is 2. The van der Waals surface area contributed by atoms with E-state index in [0.717, 1.165) is 18.2 Å². The molecule has 1 unspecified atom stereocenters. The summed E-state index contributed by atoms with van der Waals surface area (Å²) in [4.78, 5) is 11.1. The topological polar surface area (TPSA) is 49.3 Å². The van der Waals surface area contributed by atoms with E-state index in [1.807, 2.05) is 0 Å². The third kappa shape index (κ3) is 3.43. The molecular formula is C11H11F4NO2. The number of rotatable bonds is 3. The first-order valence-electron chi connectivity index (χ1n) is 5.09. The standard InChI is InChI=1S/C11H11F4NO2/c1-2-9(17)16-8-5-6(12)3-4-7(8)10(18)11(13,14)15/h3-5,10,18H,2H2,1H3,(H,16,17). The van der Waals surface area contributed by atoms with Gasteiger partial charge >= 0.3 is 6.18 Å². The zero-order valence-corrected chi connectivity index (χ0v) is 9.38. The Morgan fingerprint density at radius 3 is 2.56 bits per heavy atom. The average Bonchev–Trinajstić information content (AvgIpc) is 2.27. The van der Waals surface area contributed by atoms with E-state index in [2.05, 4.69) is 5.32 Å². The van der Waals surface area contributed by atoms with Gasteiger partial charge in [-0.3, -0.25) is 4.79 Å². The highest BCUT2D eigenvalue weighted by molar-refractivity contribution is 5.91. The van der Waals surface area contributed by atoms with Gasteiger partial charge < -0.3 is 10.4 Å². The van der Waals surface area contributed by atoms with Crippen molar-refractivity contribution < 1.29 is 27.5 Å². The van der Waals surface area contributed by atoms with Crippen LogP contribution in [0.5, 0.6) is 0 Å². The Kier molecular flexibility index (Phi) is 4.28. The molecule has 100 valence electrons. The van der Waals surface area contributed by atoms with E-state index in [4.69, 9.17) is 5.11 Å². The number of anilines is 1. The largest absolute Gasteiger partial charge is 0.418 e. The second-order valence-corrected chi connectivity index (χ2v) is 3.58. The molecule has 0 aliphatic heterocycles. The lowest BCUT2D eigenvalue weighted by molar-refractivity contribution is -0.206. The Bertz CT molecular complexity index is 445. The van der Waals surface area contributed by atoms with Crippen molar-refractivity contribution in [1.29, 1.82) is 0 Å². The fourth-order valence-corrected chi connectivity index (χ4v) is 1.29. The Hall–Kier alpha value is -1.63. The number of carbonyl (C=O) groups is 1. The molecule has 3 nitrogen and oxygen atoms in total. The predicted molar refractivity (Wildman–Crippen MR) is 56.3 cm³/mol. The maximum Gasteiger partial charge on any atom is 0.418 e. The number of aliphatic hydroxyl groups is 1. The second-order valence-electron chi connectivity index (χ2n) is 3.58. The van der Waals surface area contributed by atoms with Gasteiger partial charge in [-0.15, -0.1) is 0 Å². The number of nitrogens with one attached hydrogen (secondary N) is 1. The van der Waals surface area contributed by atoms with Crippen LogP contribution in [0.15, 0.2) is 18.2 Å². The van der Waals surface area contributed by atoms with Crippen molar-refractivity contribution in [3.63, 3.8) is 0 Å². The summed E-state index contributed by atoms with van der Waals surface area (Å²) in [6.45, 7) is 1.49. The first-order chi connectivity index (χ1) is 8.25. The molecule has 0 aliphatic rings. The minimum atomic E-state index is -4.89. The maximum atomic E-state index is 12.9. The van der Waals surface area contributed by atoms with Gasteiger partial charge in [0, 0.05) is 17.7 Å². The number of benzene rings is 1. The molecule has 0 aromatic heterocycles. The lowest BCUT2D eigenvalue weighted by Crippen LogP contribution is -2.22. The summed E-state index contributed by atoms with van der Waals surface area (Å²) in [7, 11) is 0. The zero-order chi connectivity index (χ0) is 13.9. The van der Waals surface area contributed by atoms with E-state index in [0.29, 0.717) is 0 Å². The van der Waals surface area contributed by atoms with Gasteiger partial charge in [-0.1, -0.05) is 13.0 Å². The molecular weight excluding hydrogens is 254 g/mol. The molecule has 0 radical (unpaired) electrons. The lowest BCUT2D eigenvalue weighted by Gasteiger charge is -2.18. The smallest absolute Gasteiger partial charge is 0.379 e. The van der Waals surface area contributed by atoms with Crippen molar-refractivity contribution in [2.24, 2.45) is 0 Å². The lowest BCUT2D eigenvalue weighted by atomic mass is 10.1. The van der Waals surface area contributed by atoms with Crippen LogP contribution in [0.25, 0.3) is 0 Å². The van der Waals surface area contributed by atoms with Crippen molar-refractivity contribution >= 4 is 11.6 Å². The van der Waals surface area contributed by atoms with Crippen LogP contribution in [0, 0.1) is 5.82 Å². The van der Waals surface area contributed by atoms with E-state index in [1.165, 1.54) is 6.92 Å². The summed E-state index contributed by atoms with van der Waals surface area (Å²) in [5.74, 6) is -1.38.